The van der Waals surface area contributed by atoms with E-state index in [1.165, 1.54) is 0 Å². The first-order valence-corrected chi connectivity index (χ1v) is 8.37. The molecule has 96 valence electrons. The number of sulfonamides is 1. The second-order valence-corrected chi connectivity index (χ2v) is 6.52. The molecule has 0 unspecified atom stereocenters. The van der Waals surface area contributed by atoms with Crippen molar-refractivity contribution < 1.29 is 8.42 Å². The summed E-state index contributed by atoms with van der Waals surface area (Å²) in [6, 6.07) is 6.64. The van der Waals surface area contributed by atoms with Gasteiger partial charge in [-0.1, -0.05) is 28.1 Å². The van der Waals surface area contributed by atoms with Gasteiger partial charge in [-0.05, 0) is 24.6 Å². The van der Waals surface area contributed by atoms with Crippen molar-refractivity contribution in [3.63, 3.8) is 0 Å². The Labute approximate surface area is 118 Å². The molecule has 0 amide bonds. The average Bonchev–Trinajstić information content (AvgIpc) is 2.74. The van der Waals surface area contributed by atoms with Crippen LogP contribution in [0.3, 0.4) is 0 Å². The topological polar surface area (TPSA) is 72.0 Å². The molecule has 0 aliphatic heterocycles. The summed E-state index contributed by atoms with van der Waals surface area (Å²) in [6.07, 6.45) is 0. The summed E-state index contributed by atoms with van der Waals surface area (Å²) in [5, 5.41) is 0.966. The first-order chi connectivity index (χ1) is 8.51. The second kappa shape index (κ2) is 5.33. The summed E-state index contributed by atoms with van der Waals surface area (Å²) in [5.74, 6) is 0.548. The third kappa shape index (κ3) is 3.06. The van der Waals surface area contributed by atoms with Gasteiger partial charge in [0, 0.05) is 16.9 Å². The van der Waals surface area contributed by atoms with Crippen LogP contribution in [0.5, 0.6) is 0 Å². The molecule has 0 aliphatic rings. The number of halogens is 1. The van der Waals surface area contributed by atoms with Gasteiger partial charge in [0.1, 0.15) is 5.82 Å². The lowest BCUT2D eigenvalue weighted by Crippen LogP contribution is -2.12. The van der Waals surface area contributed by atoms with E-state index in [-0.39, 0.29) is 10.0 Å². The van der Waals surface area contributed by atoms with Crippen LogP contribution < -0.4 is 4.72 Å². The normalized spacial score (nSPS) is 11.4. The van der Waals surface area contributed by atoms with Crippen molar-refractivity contribution in [2.24, 2.45) is 0 Å². The van der Waals surface area contributed by atoms with Crippen LogP contribution in [0.15, 0.2) is 29.2 Å². The zero-order valence-corrected chi connectivity index (χ0v) is 12.6. The van der Waals surface area contributed by atoms with Crippen LogP contribution in [0, 0.1) is 6.92 Å². The molecule has 8 heteroatoms. The van der Waals surface area contributed by atoms with Gasteiger partial charge in [0.25, 0.3) is 10.0 Å². The van der Waals surface area contributed by atoms with E-state index in [0.717, 1.165) is 17.1 Å². The maximum Gasteiger partial charge on any atom is 0.263 e. The fourth-order valence-corrected chi connectivity index (χ4v) is 3.44. The number of benzene rings is 1. The van der Waals surface area contributed by atoms with Gasteiger partial charge in [0.05, 0.1) is 4.90 Å². The Morgan fingerprint density at radius 1 is 1.33 bits per heavy atom. The lowest BCUT2D eigenvalue weighted by molar-refractivity contribution is 0.601. The number of anilines is 1. The minimum Gasteiger partial charge on any atom is -0.253 e. The number of nitrogens with one attached hydrogen (secondary N) is 1. The Bertz CT molecular complexity index is 637. The lowest BCUT2D eigenvalue weighted by atomic mass is 10.2. The SMILES string of the molecule is Cc1nsc(NS(=O)(=O)c2ccc(CBr)cc2)n1. The highest BCUT2D eigenvalue weighted by Gasteiger charge is 2.15. The zero-order chi connectivity index (χ0) is 13.2. The molecule has 1 heterocycles. The summed E-state index contributed by atoms with van der Waals surface area (Å²) in [6.45, 7) is 1.71. The van der Waals surface area contributed by atoms with E-state index in [4.69, 9.17) is 0 Å². The number of rotatable bonds is 4. The lowest BCUT2D eigenvalue weighted by Gasteiger charge is -2.05. The molecule has 2 aromatic rings. The van der Waals surface area contributed by atoms with E-state index in [1.807, 2.05) is 0 Å². The number of nitrogens with zero attached hydrogens (tertiary/aromatic N) is 2. The van der Waals surface area contributed by atoms with Crippen molar-refractivity contribution in [2.75, 3.05) is 4.72 Å². The fourth-order valence-electron chi connectivity index (χ4n) is 1.27. The van der Waals surface area contributed by atoms with E-state index in [0.29, 0.717) is 11.2 Å². The van der Waals surface area contributed by atoms with Crippen LogP contribution in [0.2, 0.25) is 0 Å². The Balaban J connectivity index is 2.24. The minimum atomic E-state index is -3.58. The molecule has 0 bridgehead atoms. The molecular formula is C10H10BrN3O2S2. The Morgan fingerprint density at radius 2 is 2.00 bits per heavy atom. The summed E-state index contributed by atoms with van der Waals surface area (Å²) in [5.41, 5.74) is 1.01. The van der Waals surface area contributed by atoms with Crippen molar-refractivity contribution >= 4 is 42.6 Å². The highest BCUT2D eigenvalue weighted by Crippen LogP contribution is 2.18. The predicted molar refractivity (Wildman–Crippen MR) is 74.5 cm³/mol. The molecule has 0 radical (unpaired) electrons. The van der Waals surface area contributed by atoms with Crippen molar-refractivity contribution in [3.05, 3.63) is 35.7 Å². The highest BCUT2D eigenvalue weighted by atomic mass is 79.9. The van der Waals surface area contributed by atoms with Crippen molar-refractivity contribution in [2.45, 2.75) is 17.1 Å². The van der Waals surface area contributed by atoms with E-state index in [9.17, 15) is 8.42 Å². The molecule has 5 nitrogen and oxygen atoms in total. The van der Waals surface area contributed by atoms with E-state index < -0.39 is 10.0 Å². The molecule has 0 saturated carbocycles. The number of alkyl halides is 1. The monoisotopic (exact) mass is 347 g/mol. The quantitative estimate of drug-likeness (QED) is 0.862. The molecule has 0 spiro atoms. The van der Waals surface area contributed by atoms with Crippen LogP contribution >= 0.6 is 27.5 Å². The van der Waals surface area contributed by atoms with Gasteiger partial charge in [-0.2, -0.15) is 4.37 Å². The highest BCUT2D eigenvalue weighted by molar-refractivity contribution is 9.08. The van der Waals surface area contributed by atoms with Gasteiger partial charge in [-0.25, -0.2) is 13.4 Å². The van der Waals surface area contributed by atoms with Gasteiger partial charge in [0.2, 0.25) is 5.13 Å². The molecule has 0 saturated heterocycles. The molecular weight excluding hydrogens is 338 g/mol. The molecule has 0 aliphatic carbocycles. The average molecular weight is 348 g/mol. The van der Waals surface area contributed by atoms with E-state index >= 15 is 0 Å². The Morgan fingerprint density at radius 3 is 2.50 bits per heavy atom. The summed E-state index contributed by atoms with van der Waals surface area (Å²) in [7, 11) is -3.58. The Hall–Kier alpha value is -0.990. The third-order valence-electron chi connectivity index (χ3n) is 2.14. The smallest absolute Gasteiger partial charge is 0.253 e. The van der Waals surface area contributed by atoms with Crippen LogP contribution in [0.4, 0.5) is 5.13 Å². The van der Waals surface area contributed by atoms with Gasteiger partial charge in [-0.15, -0.1) is 0 Å². The Kier molecular flexibility index (Phi) is 3.98. The molecule has 1 aromatic heterocycles. The van der Waals surface area contributed by atoms with Crippen molar-refractivity contribution in [1.82, 2.24) is 9.36 Å². The fraction of sp³-hybridized carbons (Fsp3) is 0.200. The van der Waals surface area contributed by atoms with E-state index in [2.05, 4.69) is 30.0 Å². The summed E-state index contributed by atoms with van der Waals surface area (Å²) in [4.78, 5) is 4.17. The summed E-state index contributed by atoms with van der Waals surface area (Å²) >= 11 is 4.33. The predicted octanol–water partition coefficient (Wildman–Crippen LogP) is 2.54. The molecule has 1 N–H and O–H groups in total. The number of hydrogen-bond donors (Lipinski definition) is 1. The van der Waals surface area contributed by atoms with Crippen LogP contribution in [-0.2, 0) is 15.4 Å². The second-order valence-electron chi connectivity index (χ2n) is 3.53. The molecule has 2 rings (SSSR count). The van der Waals surface area contributed by atoms with E-state index in [1.54, 1.807) is 31.2 Å². The maximum absolute atomic E-state index is 12.0. The van der Waals surface area contributed by atoms with Crippen LogP contribution in [-0.4, -0.2) is 17.8 Å². The van der Waals surface area contributed by atoms with Crippen molar-refractivity contribution in [3.8, 4) is 0 Å². The first-order valence-electron chi connectivity index (χ1n) is 4.99. The van der Waals surface area contributed by atoms with Crippen molar-refractivity contribution in [1.29, 1.82) is 0 Å². The minimum absolute atomic E-state index is 0.208. The third-order valence-corrected chi connectivity index (χ3v) is 4.99. The van der Waals surface area contributed by atoms with Crippen LogP contribution in [0.1, 0.15) is 11.4 Å². The molecule has 0 fully saturated rings. The standard InChI is InChI=1S/C10H10BrN3O2S2/c1-7-12-10(17-13-7)14-18(15,16)9-4-2-8(6-11)3-5-9/h2-5H,6H2,1H3,(H,12,13,14). The number of aryl methyl sites for hydroxylation is 1. The van der Waals surface area contributed by atoms with Gasteiger partial charge < -0.3 is 0 Å². The molecule has 1 aromatic carbocycles. The zero-order valence-electron chi connectivity index (χ0n) is 9.42. The first kappa shape index (κ1) is 13.4. The van der Waals surface area contributed by atoms with Gasteiger partial charge >= 0.3 is 0 Å². The summed E-state index contributed by atoms with van der Waals surface area (Å²) < 4.78 is 30.4. The molecule has 18 heavy (non-hydrogen) atoms. The van der Waals surface area contributed by atoms with Gasteiger partial charge in [0.15, 0.2) is 0 Å². The molecule has 0 atom stereocenters. The largest absolute Gasteiger partial charge is 0.263 e. The van der Waals surface area contributed by atoms with Crippen LogP contribution in [0.25, 0.3) is 0 Å². The number of aromatic nitrogens is 2. The maximum atomic E-state index is 12.0. The van der Waals surface area contributed by atoms with Gasteiger partial charge in [-0.3, -0.25) is 4.72 Å². The number of hydrogen-bond acceptors (Lipinski definition) is 5.